The van der Waals surface area contributed by atoms with Crippen molar-refractivity contribution in [3.05, 3.63) is 56.2 Å². The van der Waals surface area contributed by atoms with Crippen LogP contribution in [0.1, 0.15) is 11.8 Å². The molecule has 0 spiro atoms. The van der Waals surface area contributed by atoms with Gasteiger partial charge in [-0.05, 0) is 37.3 Å². The van der Waals surface area contributed by atoms with Crippen molar-refractivity contribution in [1.29, 1.82) is 0 Å². The Labute approximate surface area is 174 Å². The summed E-state index contributed by atoms with van der Waals surface area (Å²) in [5.41, 5.74) is 0.944. The van der Waals surface area contributed by atoms with Gasteiger partial charge in [0, 0.05) is 30.7 Å². The van der Waals surface area contributed by atoms with E-state index >= 15 is 0 Å². The highest BCUT2D eigenvalue weighted by molar-refractivity contribution is 7.16. The molecule has 0 saturated heterocycles. The van der Waals surface area contributed by atoms with E-state index in [1.807, 2.05) is 29.7 Å². The van der Waals surface area contributed by atoms with Crippen molar-refractivity contribution in [2.75, 3.05) is 20.3 Å². The van der Waals surface area contributed by atoms with Crippen molar-refractivity contribution in [1.82, 2.24) is 4.57 Å². The van der Waals surface area contributed by atoms with Crippen LogP contribution in [0.3, 0.4) is 0 Å². The Hall–Kier alpha value is -2.82. The van der Waals surface area contributed by atoms with Gasteiger partial charge in [-0.15, -0.1) is 0 Å². The Morgan fingerprint density at radius 1 is 1.31 bits per heavy atom. The predicted molar refractivity (Wildman–Crippen MR) is 113 cm³/mol. The lowest BCUT2D eigenvalue weighted by Gasteiger charge is -2.05. The number of hydrogen-bond acceptors (Lipinski definition) is 7. The van der Waals surface area contributed by atoms with Crippen molar-refractivity contribution >= 4 is 49.9 Å². The fourth-order valence-corrected chi connectivity index (χ4v) is 4.42. The first-order valence-corrected chi connectivity index (χ1v) is 10.4. The van der Waals surface area contributed by atoms with E-state index in [4.69, 9.17) is 9.47 Å². The van der Waals surface area contributed by atoms with E-state index in [1.165, 1.54) is 29.6 Å². The maximum atomic E-state index is 12.4. The molecule has 1 aromatic carbocycles. The van der Waals surface area contributed by atoms with Crippen molar-refractivity contribution in [3.8, 4) is 5.75 Å². The first kappa shape index (κ1) is 20.9. The van der Waals surface area contributed by atoms with E-state index < -0.39 is 10.8 Å². The molecule has 0 aliphatic rings. The van der Waals surface area contributed by atoms with E-state index in [2.05, 4.69) is 4.99 Å². The van der Waals surface area contributed by atoms with Crippen LogP contribution in [-0.2, 0) is 16.1 Å². The van der Waals surface area contributed by atoms with E-state index in [0.717, 1.165) is 27.3 Å². The summed E-state index contributed by atoms with van der Waals surface area (Å²) >= 11 is 2.39. The second-order valence-corrected chi connectivity index (χ2v) is 7.91. The lowest BCUT2D eigenvalue weighted by molar-refractivity contribution is -0.380. The normalized spacial score (nSPS) is 12.1. The predicted octanol–water partition coefficient (Wildman–Crippen LogP) is 3.86. The number of aromatic nitrogens is 1. The summed E-state index contributed by atoms with van der Waals surface area (Å²) in [7, 11) is 1.62. The summed E-state index contributed by atoms with van der Waals surface area (Å²) in [4.78, 5) is 28.0. The van der Waals surface area contributed by atoms with Gasteiger partial charge in [0.2, 0.25) is 0 Å². The lowest BCUT2D eigenvalue weighted by Crippen LogP contribution is -2.18. The van der Waals surface area contributed by atoms with Gasteiger partial charge in [-0.1, -0.05) is 22.7 Å². The summed E-state index contributed by atoms with van der Waals surface area (Å²) in [5.74, 6) is 0.320. The molecule has 0 aliphatic heterocycles. The fraction of sp³-hybridized carbons (Fsp3) is 0.263. The van der Waals surface area contributed by atoms with Gasteiger partial charge in [-0.2, -0.15) is 4.99 Å². The van der Waals surface area contributed by atoms with Gasteiger partial charge < -0.3 is 14.0 Å². The first-order chi connectivity index (χ1) is 14.0. The number of hydrogen-bond donors (Lipinski definition) is 0. The van der Waals surface area contributed by atoms with Crippen LogP contribution in [0.5, 0.6) is 5.75 Å². The summed E-state index contributed by atoms with van der Waals surface area (Å²) in [6.07, 6.45) is 2.84. The van der Waals surface area contributed by atoms with Crippen molar-refractivity contribution in [3.63, 3.8) is 0 Å². The molecule has 0 fully saturated rings. The van der Waals surface area contributed by atoms with E-state index in [9.17, 15) is 14.9 Å². The van der Waals surface area contributed by atoms with Gasteiger partial charge in [-0.25, -0.2) is 0 Å². The van der Waals surface area contributed by atoms with Gasteiger partial charge in [-0.3, -0.25) is 14.9 Å². The number of carbonyl (C=O) groups is 1. The first-order valence-electron chi connectivity index (χ1n) is 8.78. The number of thiazole rings is 1. The summed E-state index contributed by atoms with van der Waals surface area (Å²) in [6, 6.07) is 8.76. The van der Waals surface area contributed by atoms with Crippen molar-refractivity contribution < 1.29 is 19.2 Å². The van der Waals surface area contributed by atoms with Crippen LogP contribution >= 0.6 is 22.7 Å². The average molecular weight is 434 g/mol. The number of carbonyl (C=O) groups excluding carboxylic acids is 1. The van der Waals surface area contributed by atoms with Gasteiger partial charge in [0.1, 0.15) is 5.75 Å². The summed E-state index contributed by atoms with van der Waals surface area (Å²) in [6.45, 7) is 3.53. The highest BCUT2D eigenvalue weighted by atomic mass is 32.1. The highest BCUT2D eigenvalue weighted by Crippen LogP contribution is 2.25. The quantitative estimate of drug-likeness (QED) is 0.305. The molecule has 0 aliphatic carbocycles. The molecule has 0 atom stereocenters. The number of fused-ring (bicyclic) bond motifs is 1. The maximum absolute atomic E-state index is 12.4. The molecule has 8 nitrogen and oxygen atoms in total. The second-order valence-electron chi connectivity index (χ2n) is 5.81. The Kier molecular flexibility index (Phi) is 6.91. The van der Waals surface area contributed by atoms with Crippen LogP contribution in [-0.4, -0.2) is 35.7 Å². The lowest BCUT2D eigenvalue weighted by atomic mass is 10.3. The minimum atomic E-state index is -0.458. The number of benzene rings is 1. The standard InChI is InChI=1S/C19H19N3O5S2/c1-3-27-13-4-7-15-16(12-13)29-19(21(15)10-11-26-2)20-17(23)8-5-14-6-9-18(28-14)22(24)25/h4-9,12H,3,10-11H2,1-2H3. The molecule has 0 bridgehead atoms. The largest absolute Gasteiger partial charge is 0.494 e. The second kappa shape index (κ2) is 9.59. The van der Waals surface area contributed by atoms with Crippen LogP contribution in [0.4, 0.5) is 5.00 Å². The minimum Gasteiger partial charge on any atom is -0.494 e. The molecule has 2 aromatic heterocycles. The third kappa shape index (κ3) is 5.17. The average Bonchev–Trinajstić information content (AvgIpc) is 3.29. The highest BCUT2D eigenvalue weighted by Gasteiger charge is 2.10. The topological polar surface area (TPSA) is 96.0 Å². The Bertz CT molecular complexity index is 1130. The monoisotopic (exact) mass is 433 g/mol. The molecular weight excluding hydrogens is 414 g/mol. The van der Waals surface area contributed by atoms with Crippen LogP contribution in [0, 0.1) is 10.1 Å². The van der Waals surface area contributed by atoms with Gasteiger partial charge >= 0.3 is 5.00 Å². The number of nitro groups is 1. The molecule has 0 unspecified atom stereocenters. The zero-order chi connectivity index (χ0) is 20.8. The Morgan fingerprint density at radius 2 is 2.14 bits per heavy atom. The van der Waals surface area contributed by atoms with E-state index in [1.54, 1.807) is 13.2 Å². The molecule has 10 heteroatoms. The van der Waals surface area contributed by atoms with Crippen molar-refractivity contribution in [2.24, 2.45) is 4.99 Å². The summed E-state index contributed by atoms with van der Waals surface area (Å²) in [5, 5.41) is 10.8. The van der Waals surface area contributed by atoms with E-state index in [0.29, 0.717) is 29.4 Å². The zero-order valence-corrected chi connectivity index (χ0v) is 17.5. The molecule has 152 valence electrons. The SMILES string of the molecule is CCOc1ccc2c(c1)sc(=NC(=O)C=Cc1ccc([N+](=O)[O-])s1)n2CCOC. The number of methoxy groups -OCH3 is 1. The fourth-order valence-electron chi connectivity index (χ4n) is 2.61. The summed E-state index contributed by atoms with van der Waals surface area (Å²) < 4.78 is 13.6. The molecule has 0 saturated carbocycles. The number of rotatable bonds is 8. The molecular formula is C19H19N3O5S2. The van der Waals surface area contributed by atoms with Crippen LogP contribution in [0.2, 0.25) is 0 Å². The molecule has 1 amide bonds. The number of ether oxygens (including phenoxy) is 2. The third-order valence-electron chi connectivity index (χ3n) is 3.87. The molecule has 2 heterocycles. The molecule has 0 N–H and O–H groups in total. The van der Waals surface area contributed by atoms with E-state index in [-0.39, 0.29) is 5.00 Å². The van der Waals surface area contributed by atoms with Gasteiger partial charge in [0.05, 0.1) is 28.4 Å². The molecule has 0 radical (unpaired) electrons. The van der Waals surface area contributed by atoms with Gasteiger partial charge in [0.25, 0.3) is 5.91 Å². The number of amides is 1. The minimum absolute atomic E-state index is 0.0288. The third-order valence-corrected chi connectivity index (χ3v) is 5.92. The van der Waals surface area contributed by atoms with Gasteiger partial charge in [0.15, 0.2) is 4.80 Å². The molecule has 29 heavy (non-hydrogen) atoms. The van der Waals surface area contributed by atoms with Crippen LogP contribution in [0.25, 0.3) is 16.3 Å². The molecule has 3 rings (SSSR count). The maximum Gasteiger partial charge on any atom is 0.324 e. The Balaban J connectivity index is 1.92. The van der Waals surface area contributed by atoms with Crippen LogP contribution < -0.4 is 9.54 Å². The Morgan fingerprint density at radius 3 is 2.83 bits per heavy atom. The smallest absolute Gasteiger partial charge is 0.324 e. The number of thiophene rings is 1. The van der Waals surface area contributed by atoms with Crippen molar-refractivity contribution in [2.45, 2.75) is 13.5 Å². The molecule has 3 aromatic rings. The van der Waals surface area contributed by atoms with Crippen LogP contribution in [0.15, 0.2) is 41.4 Å². The number of nitrogens with zero attached hydrogens (tertiary/aromatic N) is 3. The zero-order valence-electron chi connectivity index (χ0n) is 15.9.